The van der Waals surface area contributed by atoms with Crippen LogP contribution in [0.1, 0.15) is 43.0 Å². The van der Waals surface area contributed by atoms with Gasteiger partial charge >= 0.3 is 0 Å². The predicted octanol–water partition coefficient (Wildman–Crippen LogP) is 3.03. The van der Waals surface area contributed by atoms with E-state index in [9.17, 15) is 0 Å². The van der Waals surface area contributed by atoms with Crippen molar-refractivity contribution in [3.8, 4) is 0 Å². The van der Waals surface area contributed by atoms with Crippen LogP contribution in [0.3, 0.4) is 0 Å². The zero-order valence-electron chi connectivity index (χ0n) is 12.1. The Hall–Kier alpha value is -0.860. The Morgan fingerprint density at radius 3 is 2.33 bits per heavy atom. The van der Waals surface area contributed by atoms with E-state index in [2.05, 4.69) is 50.8 Å². The van der Waals surface area contributed by atoms with E-state index >= 15 is 0 Å². The van der Waals surface area contributed by atoms with Gasteiger partial charge in [-0.1, -0.05) is 25.1 Å². The van der Waals surface area contributed by atoms with Crippen molar-refractivity contribution in [1.29, 1.82) is 0 Å². The van der Waals surface area contributed by atoms with E-state index in [1.807, 2.05) is 0 Å². The molecule has 0 amide bonds. The van der Waals surface area contributed by atoms with Crippen molar-refractivity contribution in [3.05, 3.63) is 34.9 Å². The molecule has 0 spiro atoms. The van der Waals surface area contributed by atoms with Crippen molar-refractivity contribution in [2.24, 2.45) is 11.7 Å². The molecule has 3 unspecified atom stereocenters. The highest BCUT2D eigenvalue weighted by atomic mass is 15.2. The second-order valence-corrected chi connectivity index (χ2v) is 5.94. The molecular weight excluding hydrogens is 220 g/mol. The molecule has 0 radical (unpaired) electrons. The molecule has 2 N–H and O–H groups in total. The average molecular weight is 246 g/mol. The van der Waals surface area contributed by atoms with E-state index in [0.29, 0.717) is 18.6 Å². The van der Waals surface area contributed by atoms with Gasteiger partial charge in [0.05, 0.1) is 0 Å². The van der Waals surface area contributed by atoms with Crippen LogP contribution >= 0.6 is 0 Å². The second-order valence-electron chi connectivity index (χ2n) is 5.94. The Labute approximate surface area is 111 Å². The molecule has 0 aliphatic carbocycles. The first-order valence-electron chi connectivity index (χ1n) is 7.06. The minimum atomic E-state index is 0.381. The van der Waals surface area contributed by atoms with E-state index in [-0.39, 0.29) is 0 Å². The van der Waals surface area contributed by atoms with Crippen LogP contribution in [0.25, 0.3) is 0 Å². The van der Waals surface area contributed by atoms with Crippen molar-refractivity contribution in [3.63, 3.8) is 0 Å². The third kappa shape index (κ3) is 2.45. The largest absolute Gasteiger partial charge is 0.329 e. The minimum absolute atomic E-state index is 0.381. The van der Waals surface area contributed by atoms with Gasteiger partial charge in [0.25, 0.3) is 0 Å². The zero-order chi connectivity index (χ0) is 13.3. The Kier molecular flexibility index (Phi) is 4.08. The fourth-order valence-corrected chi connectivity index (χ4v) is 3.54. The number of aryl methyl sites for hydroxylation is 2. The molecule has 3 atom stereocenters. The Bertz CT molecular complexity index is 393. The Morgan fingerprint density at radius 2 is 1.89 bits per heavy atom. The number of nitrogens with two attached hydrogens (primary N) is 1. The molecule has 1 saturated heterocycles. The highest BCUT2D eigenvalue weighted by Crippen LogP contribution is 2.34. The summed E-state index contributed by atoms with van der Waals surface area (Å²) in [7, 11) is 0. The monoisotopic (exact) mass is 246 g/mol. The van der Waals surface area contributed by atoms with E-state index in [1.165, 1.54) is 29.7 Å². The Morgan fingerprint density at radius 1 is 1.28 bits per heavy atom. The van der Waals surface area contributed by atoms with Crippen LogP contribution in [0.15, 0.2) is 18.2 Å². The molecule has 1 heterocycles. The smallest absolute Gasteiger partial charge is 0.0478 e. The van der Waals surface area contributed by atoms with Gasteiger partial charge in [0, 0.05) is 25.2 Å². The molecule has 1 aromatic carbocycles. The minimum Gasteiger partial charge on any atom is -0.329 e. The van der Waals surface area contributed by atoms with E-state index in [1.54, 1.807) is 0 Å². The van der Waals surface area contributed by atoms with Crippen molar-refractivity contribution >= 4 is 0 Å². The number of rotatable bonds is 3. The molecule has 1 aliphatic rings. The topological polar surface area (TPSA) is 29.3 Å². The molecule has 0 aromatic heterocycles. The van der Waals surface area contributed by atoms with Crippen LogP contribution in [-0.4, -0.2) is 24.0 Å². The van der Waals surface area contributed by atoms with Gasteiger partial charge in [-0.05, 0) is 49.8 Å². The van der Waals surface area contributed by atoms with Crippen LogP contribution in [0.4, 0.5) is 0 Å². The van der Waals surface area contributed by atoms with Gasteiger partial charge in [0.15, 0.2) is 0 Å². The number of hydrogen-bond donors (Lipinski definition) is 1. The van der Waals surface area contributed by atoms with Crippen molar-refractivity contribution in [2.75, 3.05) is 13.1 Å². The molecule has 0 bridgehead atoms. The van der Waals surface area contributed by atoms with Crippen molar-refractivity contribution in [1.82, 2.24) is 4.90 Å². The van der Waals surface area contributed by atoms with Gasteiger partial charge in [-0.15, -0.1) is 0 Å². The van der Waals surface area contributed by atoms with Gasteiger partial charge in [-0.3, -0.25) is 4.90 Å². The van der Waals surface area contributed by atoms with Gasteiger partial charge < -0.3 is 5.73 Å². The summed E-state index contributed by atoms with van der Waals surface area (Å²) in [6, 6.07) is 7.57. The lowest BCUT2D eigenvalue weighted by Crippen LogP contribution is -2.37. The molecule has 2 heteroatoms. The molecule has 1 aromatic rings. The van der Waals surface area contributed by atoms with Crippen LogP contribution in [-0.2, 0) is 0 Å². The lowest BCUT2D eigenvalue weighted by Gasteiger charge is -2.33. The third-order valence-corrected chi connectivity index (χ3v) is 4.33. The summed E-state index contributed by atoms with van der Waals surface area (Å²) in [5.74, 6) is 0.790. The normalized spacial score (nSPS) is 26.5. The number of likely N-dealkylation sites (tertiary alicyclic amines) is 1. The van der Waals surface area contributed by atoms with E-state index in [4.69, 9.17) is 5.73 Å². The second kappa shape index (κ2) is 5.41. The lowest BCUT2D eigenvalue weighted by molar-refractivity contribution is 0.191. The predicted molar refractivity (Wildman–Crippen MR) is 77.7 cm³/mol. The SMILES string of the molecule is Cc1cccc(C)c1C(CN)N1CC(C)CC1C. The molecule has 2 nitrogen and oxygen atoms in total. The summed E-state index contributed by atoms with van der Waals surface area (Å²) in [4.78, 5) is 2.60. The van der Waals surface area contributed by atoms with E-state index < -0.39 is 0 Å². The molecule has 1 fully saturated rings. The summed E-state index contributed by atoms with van der Waals surface area (Å²) in [5.41, 5.74) is 10.3. The highest BCUT2D eigenvalue weighted by Gasteiger charge is 2.32. The number of hydrogen-bond acceptors (Lipinski definition) is 2. The molecule has 100 valence electrons. The summed E-state index contributed by atoms with van der Waals surface area (Å²) in [5, 5.41) is 0. The van der Waals surface area contributed by atoms with Gasteiger partial charge in [0.2, 0.25) is 0 Å². The maximum absolute atomic E-state index is 6.09. The van der Waals surface area contributed by atoms with Crippen LogP contribution in [0.5, 0.6) is 0 Å². The van der Waals surface area contributed by atoms with E-state index in [0.717, 1.165) is 5.92 Å². The number of nitrogens with zero attached hydrogens (tertiary/aromatic N) is 1. The molecule has 1 aliphatic heterocycles. The summed E-state index contributed by atoms with van der Waals surface area (Å²) in [6.07, 6.45) is 1.29. The maximum Gasteiger partial charge on any atom is 0.0478 e. The van der Waals surface area contributed by atoms with Gasteiger partial charge in [-0.25, -0.2) is 0 Å². The lowest BCUT2D eigenvalue weighted by atomic mass is 9.94. The number of benzene rings is 1. The van der Waals surface area contributed by atoms with Crippen molar-refractivity contribution in [2.45, 2.75) is 46.2 Å². The summed E-state index contributed by atoms with van der Waals surface area (Å²) < 4.78 is 0. The molecule has 0 saturated carbocycles. The maximum atomic E-state index is 6.09. The quantitative estimate of drug-likeness (QED) is 0.888. The summed E-state index contributed by atoms with van der Waals surface area (Å²) in [6.45, 7) is 11.0. The van der Waals surface area contributed by atoms with Crippen molar-refractivity contribution < 1.29 is 0 Å². The first-order chi connectivity index (χ1) is 8.54. The fraction of sp³-hybridized carbons (Fsp3) is 0.625. The van der Waals surface area contributed by atoms with Crippen LogP contribution in [0, 0.1) is 19.8 Å². The van der Waals surface area contributed by atoms with Crippen LogP contribution < -0.4 is 5.73 Å². The van der Waals surface area contributed by atoms with Gasteiger partial charge in [0.1, 0.15) is 0 Å². The summed E-state index contributed by atoms with van der Waals surface area (Å²) >= 11 is 0. The van der Waals surface area contributed by atoms with Crippen LogP contribution in [0.2, 0.25) is 0 Å². The third-order valence-electron chi connectivity index (χ3n) is 4.33. The molecule has 18 heavy (non-hydrogen) atoms. The molecule has 2 rings (SSSR count). The fourth-order valence-electron chi connectivity index (χ4n) is 3.54. The standard InChI is InChI=1S/C16H26N2/c1-11-8-14(4)18(10-11)15(9-17)16-12(2)6-5-7-13(16)3/h5-7,11,14-15H,8-10,17H2,1-4H3. The zero-order valence-corrected chi connectivity index (χ0v) is 12.1. The Balaban J connectivity index is 2.34. The highest BCUT2D eigenvalue weighted by molar-refractivity contribution is 5.36. The van der Waals surface area contributed by atoms with Gasteiger partial charge in [-0.2, -0.15) is 0 Å². The average Bonchev–Trinajstić information content (AvgIpc) is 2.63. The molecular formula is C16H26N2. The first-order valence-corrected chi connectivity index (χ1v) is 7.06. The first kappa shape index (κ1) is 13.6.